The highest BCUT2D eigenvalue weighted by Crippen LogP contribution is 2.15. The molecule has 2 aromatic carbocycles. The van der Waals surface area contributed by atoms with Crippen LogP contribution in [0, 0.1) is 0 Å². The van der Waals surface area contributed by atoms with Gasteiger partial charge in [-0.3, -0.25) is 4.79 Å². The number of benzene rings is 2. The van der Waals surface area contributed by atoms with Gasteiger partial charge in [0.25, 0.3) is 15.9 Å². The average Bonchev–Trinajstić information content (AvgIpc) is 2.53. The molecule has 1 amide bonds. The third kappa shape index (κ3) is 4.84. The maximum Gasteiger partial charge on any atom is 0.264 e. The van der Waals surface area contributed by atoms with Crippen LogP contribution in [0.25, 0.3) is 6.08 Å². The summed E-state index contributed by atoms with van der Waals surface area (Å²) < 4.78 is 26.1. The summed E-state index contributed by atoms with van der Waals surface area (Å²) in [5.41, 5.74) is 1.82. The fraction of sp³-hybridized carbons (Fsp3) is 0.118. The van der Waals surface area contributed by atoms with Crippen LogP contribution in [-0.2, 0) is 14.8 Å². The predicted molar refractivity (Wildman–Crippen MR) is 96.6 cm³/mol. The Bertz CT molecular complexity index is 842. The van der Waals surface area contributed by atoms with Gasteiger partial charge in [0.05, 0.1) is 4.90 Å². The zero-order valence-electron chi connectivity index (χ0n) is 13.2. The highest BCUT2D eigenvalue weighted by molar-refractivity contribution is 7.90. The van der Waals surface area contributed by atoms with Crippen LogP contribution in [0.5, 0.6) is 0 Å². The lowest BCUT2D eigenvalue weighted by Gasteiger charge is -2.11. The zero-order chi connectivity index (χ0) is 17.7. The molecule has 0 atom stereocenters. The van der Waals surface area contributed by atoms with Gasteiger partial charge in [0, 0.05) is 30.9 Å². The molecule has 126 valence electrons. The molecule has 0 aromatic heterocycles. The van der Waals surface area contributed by atoms with Crippen molar-refractivity contribution < 1.29 is 13.2 Å². The van der Waals surface area contributed by atoms with Crippen molar-refractivity contribution in [3.05, 3.63) is 65.2 Å². The fourth-order valence-electron chi connectivity index (χ4n) is 1.89. The van der Waals surface area contributed by atoms with Gasteiger partial charge in [0.2, 0.25) is 0 Å². The SMILES string of the molecule is CN(C)c1ccc(/C=C/C(=O)NS(=O)(=O)c2ccc(Cl)cc2)cc1. The highest BCUT2D eigenvalue weighted by atomic mass is 35.5. The van der Waals surface area contributed by atoms with Crippen LogP contribution in [0.2, 0.25) is 5.02 Å². The maximum atomic E-state index is 12.1. The number of amides is 1. The first kappa shape index (κ1) is 18.0. The van der Waals surface area contributed by atoms with Gasteiger partial charge < -0.3 is 4.90 Å². The van der Waals surface area contributed by atoms with Crippen LogP contribution in [0.15, 0.2) is 59.5 Å². The number of hydrogen-bond donors (Lipinski definition) is 1. The quantitative estimate of drug-likeness (QED) is 0.828. The Kier molecular flexibility index (Phi) is 5.64. The van der Waals surface area contributed by atoms with Crippen LogP contribution in [0.1, 0.15) is 5.56 Å². The monoisotopic (exact) mass is 364 g/mol. The largest absolute Gasteiger partial charge is 0.378 e. The van der Waals surface area contributed by atoms with Crippen LogP contribution in [-0.4, -0.2) is 28.4 Å². The maximum absolute atomic E-state index is 12.1. The Labute approximate surface area is 146 Å². The summed E-state index contributed by atoms with van der Waals surface area (Å²) in [4.78, 5) is 13.8. The first-order valence-electron chi connectivity index (χ1n) is 7.06. The predicted octanol–water partition coefficient (Wildman–Crippen LogP) is 2.92. The summed E-state index contributed by atoms with van der Waals surface area (Å²) >= 11 is 5.72. The Morgan fingerprint density at radius 2 is 1.62 bits per heavy atom. The van der Waals surface area contributed by atoms with Crippen molar-refractivity contribution in [3.8, 4) is 0 Å². The van der Waals surface area contributed by atoms with Gasteiger partial charge in [-0.2, -0.15) is 0 Å². The molecule has 0 bridgehead atoms. The number of rotatable bonds is 5. The molecule has 0 unspecified atom stereocenters. The molecular weight excluding hydrogens is 348 g/mol. The normalized spacial score (nSPS) is 11.5. The summed E-state index contributed by atoms with van der Waals surface area (Å²) in [7, 11) is -0.0538. The molecule has 0 aliphatic heterocycles. The second kappa shape index (κ2) is 7.51. The van der Waals surface area contributed by atoms with E-state index in [1.807, 2.05) is 48.0 Å². The van der Waals surface area contributed by atoms with Gasteiger partial charge in [-0.1, -0.05) is 23.7 Å². The Balaban J connectivity index is 2.05. The number of carbonyl (C=O) groups excluding carboxylic acids is 1. The smallest absolute Gasteiger partial charge is 0.264 e. The lowest BCUT2D eigenvalue weighted by molar-refractivity contribution is -0.114. The van der Waals surface area contributed by atoms with Gasteiger partial charge in [-0.05, 0) is 48.0 Å². The minimum absolute atomic E-state index is 0.0241. The molecule has 0 spiro atoms. The van der Waals surface area contributed by atoms with E-state index in [0.29, 0.717) is 5.02 Å². The van der Waals surface area contributed by atoms with Crippen molar-refractivity contribution >= 4 is 39.3 Å². The minimum atomic E-state index is -3.91. The molecule has 0 radical (unpaired) electrons. The van der Waals surface area contributed by atoms with E-state index in [9.17, 15) is 13.2 Å². The van der Waals surface area contributed by atoms with Gasteiger partial charge in [-0.25, -0.2) is 13.1 Å². The third-order valence-electron chi connectivity index (χ3n) is 3.20. The van der Waals surface area contributed by atoms with Crippen LogP contribution in [0.3, 0.4) is 0 Å². The van der Waals surface area contributed by atoms with Gasteiger partial charge >= 0.3 is 0 Å². The molecule has 0 aliphatic rings. The van der Waals surface area contributed by atoms with Crippen LogP contribution < -0.4 is 9.62 Å². The molecule has 0 saturated carbocycles. The summed E-state index contributed by atoms with van der Waals surface area (Å²) in [6.45, 7) is 0. The van der Waals surface area contributed by atoms with Gasteiger partial charge in [0.15, 0.2) is 0 Å². The second-order valence-electron chi connectivity index (χ2n) is 5.24. The van der Waals surface area contributed by atoms with Crippen molar-refractivity contribution in [2.24, 2.45) is 0 Å². The Hall–Kier alpha value is -2.31. The van der Waals surface area contributed by atoms with Crippen molar-refractivity contribution in [3.63, 3.8) is 0 Å². The molecule has 2 rings (SSSR count). The number of carbonyl (C=O) groups is 1. The van der Waals surface area contributed by atoms with E-state index in [-0.39, 0.29) is 4.90 Å². The van der Waals surface area contributed by atoms with E-state index < -0.39 is 15.9 Å². The van der Waals surface area contributed by atoms with E-state index in [4.69, 9.17) is 11.6 Å². The standard InChI is InChI=1S/C17H17ClN2O3S/c1-20(2)15-8-3-13(4-9-15)5-12-17(21)19-24(22,23)16-10-6-14(18)7-11-16/h3-12H,1-2H3,(H,19,21)/b12-5+. The molecule has 24 heavy (non-hydrogen) atoms. The molecule has 0 saturated heterocycles. The van der Waals surface area contributed by atoms with Crippen LogP contribution in [0.4, 0.5) is 5.69 Å². The van der Waals surface area contributed by atoms with Crippen molar-refractivity contribution in [2.45, 2.75) is 4.90 Å². The lowest BCUT2D eigenvalue weighted by atomic mass is 10.2. The summed E-state index contributed by atoms with van der Waals surface area (Å²) in [6.07, 6.45) is 2.73. The number of anilines is 1. The van der Waals surface area contributed by atoms with Crippen molar-refractivity contribution in [1.82, 2.24) is 4.72 Å². The lowest BCUT2D eigenvalue weighted by Crippen LogP contribution is -2.28. The molecule has 0 heterocycles. The molecule has 1 N–H and O–H groups in total. The number of sulfonamides is 1. The second-order valence-corrected chi connectivity index (χ2v) is 7.36. The molecule has 0 fully saturated rings. The molecule has 5 nitrogen and oxygen atoms in total. The number of nitrogens with zero attached hydrogens (tertiary/aromatic N) is 1. The third-order valence-corrected chi connectivity index (χ3v) is 4.81. The van der Waals surface area contributed by atoms with E-state index in [1.165, 1.54) is 30.3 Å². The summed E-state index contributed by atoms with van der Waals surface area (Å²) in [5, 5.41) is 0.418. The fourth-order valence-corrected chi connectivity index (χ4v) is 2.97. The van der Waals surface area contributed by atoms with E-state index >= 15 is 0 Å². The average molecular weight is 365 g/mol. The number of hydrogen-bond acceptors (Lipinski definition) is 4. The zero-order valence-corrected chi connectivity index (χ0v) is 14.8. The minimum Gasteiger partial charge on any atom is -0.378 e. The first-order valence-corrected chi connectivity index (χ1v) is 8.92. The first-order chi connectivity index (χ1) is 11.3. The molecule has 7 heteroatoms. The molecular formula is C17H17ClN2O3S. The number of halogens is 1. The molecule has 0 aliphatic carbocycles. The van der Waals surface area contributed by atoms with Gasteiger partial charge in [0.1, 0.15) is 0 Å². The van der Waals surface area contributed by atoms with E-state index in [1.54, 1.807) is 6.08 Å². The van der Waals surface area contributed by atoms with Gasteiger partial charge in [-0.15, -0.1) is 0 Å². The van der Waals surface area contributed by atoms with Crippen molar-refractivity contribution in [2.75, 3.05) is 19.0 Å². The topological polar surface area (TPSA) is 66.5 Å². The molecule has 2 aromatic rings. The summed E-state index contributed by atoms with van der Waals surface area (Å²) in [6, 6.07) is 13.1. The summed E-state index contributed by atoms with van der Waals surface area (Å²) in [5.74, 6) is -0.721. The van der Waals surface area contributed by atoms with Crippen LogP contribution >= 0.6 is 11.6 Å². The van der Waals surface area contributed by atoms with Crippen molar-refractivity contribution in [1.29, 1.82) is 0 Å². The Morgan fingerprint density at radius 1 is 1.04 bits per heavy atom. The number of nitrogens with one attached hydrogen (secondary N) is 1. The van der Waals surface area contributed by atoms with E-state index in [0.717, 1.165) is 11.3 Å². The van der Waals surface area contributed by atoms with E-state index in [2.05, 4.69) is 0 Å². The Morgan fingerprint density at radius 3 is 2.17 bits per heavy atom. The highest BCUT2D eigenvalue weighted by Gasteiger charge is 2.15.